The number of hydrogen-bond acceptors (Lipinski definition) is 3. The van der Waals surface area contributed by atoms with Crippen LogP contribution < -0.4 is 5.73 Å². The first-order valence-electron chi connectivity index (χ1n) is 4.47. The van der Waals surface area contributed by atoms with Crippen LogP contribution in [0.4, 0.5) is 5.82 Å². The number of aliphatic hydroxyl groups excluding tert-OH is 1. The van der Waals surface area contributed by atoms with Gasteiger partial charge in [-0.2, -0.15) is 0 Å². The maximum atomic E-state index is 9.00. The molecule has 14 heavy (non-hydrogen) atoms. The number of nitrogens with zero attached hydrogens (tertiary/aromatic N) is 1. The molecule has 0 spiro atoms. The van der Waals surface area contributed by atoms with Gasteiger partial charge >= 0.3 is 0 Å². The number of nitrogens with two attached hydrogens (primary N) is 1. The Morgan fingerprint density at radius 2 is 2.14 bits per heavy atom. The van der Waals surface area contributed by atoms with Crippen molar-refractivity contribution in [2.45, 2.75) is 13.5 Å². The first-order valence-corrected chi connectivity index (χ1v) is 4.47. The van der Waals surface area contributed by atoms with E-state index in [0.29, 0.717) is 5.82 Å². The number of aryl methyl sites for hydroxylation is 1. The van der Waals surface area contributed by atoms with Crippen LogP contribution in [0.3, 0.4) is 0 Å². The molecule has 0 amide bonds. The highest BCUT2D eigenvalue weighted by Crippen LogP contribution is 2.20. The second-order valence-electron chi connectivity index (χ2n) is 3.37. The topological polar surface area (TPSA) is 59.1 Å². The summed E-state index contributed by atoms with van der Waals surface area (Å²) in [4.78, 5) is 4.21. The van der Waals surface area contributed by atoms with Gasteiger partial charge in [0.05, 0.1) is 12.1 Å². The normalized spacial score (nSPS) is 10.7. The third kappa shape index (κ3) is 1.42. The van der Waals surface area contributed by atoms with Gasteiger partial charge in [0.2, 0.25) is 0 Å². The average Bonchev–Trinajstić information content (AvgIpc) is 2.17. The lowest BCUT2D eigenvalue weighted by atomic mass is 10.1. The summed E-state index contributed by atoms with van der Waals surface area (Å²) in [6.45, 7) is 2.04. The Hall–Kier alpha value is -1.61. The number of anilines is 1. The van der Waals surface area contributed by atoms with Crippen molar-refractivity contribution in [3.63, 3.8) is 0 Å². The first-order chi connectivity index (χ1) is 6.70. The molecule has 0 bridgehead atoms. The maximum absolute atomic E-state index is 9.00. The number of rotatable bonds is 1. The predicted octanol–water partition coefficient (Wildman–Crippen LogP) is 1.62. The molecular weight excluding hydrogens is 176 g/mol. The molecule has 2 aromatic rings. The number of nitrogen functional groups attached to an aromatic ring is 1. The fourth-order valence-electron chi connectivity index (χ4n) is 1.57. The molecule has 0 saturated heterocycles. The van der Waals surface area contributed by atoms with Crippen molar-refractivity contribution in [3.05, 3.63) is 35.4 Å². The summed E-state index contributed by atoms with van der Waals surface area (Å²) in [6.07, 6.45) is 0. The Bertz CT molecular complexity index is 480. The van der Waals surface area contributed by atoms with Gasteiger partial charge in [-0.3, -0.25) is 0 Å². The van der Waals surface area contributed by atoms with Crippen molar-refractivity contribution >= 4 is 16.7 Å². The standard InChI is InChI=1S/C11H12N2O/c1-7-4-11(12)13-10-3-2-8(6-14)5-9(7)10/h2-5,14H,6H2,1H3,(H2,12,13). The molecule has 2 rings (SSSR count). The van der Waals surface area contributed by atoms with Gasteiger partial charge in [-0.05, 0) is 36.2 Å². The summed E-state index contributed by atoms with van der Waals surface area (Å²) >= 11 is 0. The Morgan fingerprint density at radius 3 is 2.86 bits per heavy atom. The minimum atomic E-state index is 0.0553. The van der Waals surface area contributed by atoms with E-state index in [9.17, 15) is 0 Å². The zero-order valence-electron chi connectivity index (χ0n) is 7.99. The van der Waals surface area contributed by atoms with Gasteiger partial charge in [0, 0.05) is 5.39 Å². The first kappa shape index (κ1) is 8.97. The van der Waals surface area contributed by atoms with Crippen LogP contribution >= 0.6 is 0 Å². The fraction of sp³-hybridized carbons (Fsp3) is 0.182. The highest BCUT2D eigenvalue weighted by molar-refractivity contribution is 5.84. The van der Waals surface area contributed by atoms with Crippen LogP contribution in [0.1, 0.15) is 11.1 Å². The molecule has 0 fully saturated rings. The molecule has 0 unspecified atom stereocenters. The lowest BCUT2D eigenvalue weighted by Gasteiger charge is -2.04. The van der Waals surface area contributed by atoms with E-state index in [0.717, 1.165) is 22.0 Å². The van der Waals surface area contributed by atoms with Gasteiger partial charge in [0.15, 0.2) is 0 Å². The molecule has 3 nitrogen and oxygen atoms in total. The van der Waals surface area contributed by atoms with Gasteiger partial charge in [-0.15, -0.1) is 0 Å². The molecule has 1 aromatic carbocycles. The SMILES string of the molecule is Cc1cc(N)nc2ccc(CO)cc12. The smallest absolute Gasteiger partial charge is 0.124 e. The molecular formula is C11H12N2O. The number of fused-ring (bicyclic) bond motifs is 1. The minimum Gasteiger partial charge on any atom is -0.392 e. The number of hydrogen-bond donors (Lipinski definition) is 2. The Labute approximate surface area is 82.2 Å². The molecule has 3 heteroatoms. The predicted molar refractivity (Wildman–Crippen MR) is 56.8 cm³/mol. The van der Waals surface area contributed by atoms with Crippen molar-refractivity contribution < 1.29 is 5.11 Å². The molecule has 72 valence electrons. The Morgan fingerprint density at radius 1 is 1.36 bits per heavy atom. The summed E-state index contributed by atoms with van der Waals surface area (Å²) in [5.41, 5.74) is 8.49. The summed E-state index contributed by atoms with van der Waals surface area (Å²) in [7, 11) is 0. The van der Waals surface area contributed by atoms with Crippen LogP contribution in [0, 0.1) is 6.92 Å². The quantitative estimate of drug-likeness (QED) is 0.714. The second kappa shape index (κ2) is 3.27. The van der Waals surface area contributed by atoms with Crippen molar-refractivity contribution in [2.75, 3.05) is 5.73 Å². The largest absolute Gasteiger partial charge is 0.392 e. The monoisotopic (exact) mass is 188 g/mol. The van der Waals surface area contributed by atoms with E-state index >= 15 is 0 Å². The van der Waals surface area contributed by atoms with Gasteiger partial charge in [-0.25, -0.2) is 4.98 Å². The number of aliphatic hydroxyl groups is 1. The lowest BCUT2D eigenvalue weighted by molar-refractivity contribution is 0.282. The number of aromatic nitrogens is 1. The molecule has 1 heterocycles. The molecule has 1 aromatic heterocycles. The molecule has 0 radical (unpaired) electrons. The highest BCUT2D eigenvalue weighted by atomic mass is 16.3. The molecule has 0 aliphatic rings. The van der Waals surface area contributed by atoms with E-state index < -0.39 is 0 Å². The number of benzene rings is 1. The van der Waals surface area contributed by atoms with E-state index in [4.69, 9.17) is 10.8 Å². The van der Waals surface area contributed by atoms with E-state index in [1.165, 1.54) is 0 Å². The summed E-state index contributed by atoms with van der Waals surface area (Å²) in [5.74, 6) is 0.534. The molecule has 0 saturated carbocycles. The van der Waals surface area contributed by atoms with E-state index in [-0.39, 0.29) is 6.61 Å². The van der Waals surface area contributed by atoms with E-state index in [2.05, 4.69) is 4.98 Å². The molecule has 0 aliphatic carbocycles. The van der Waals surface area contributed by atoms with Crippen LogP contribution in [0.25, 0.3) is 10.9 Å². The van der Waals surface area contributed by atoms with Gasteiger partial charge in [-0.1, -0.05) is 6.07 Å². The lowest BCUT2D eigenvalue weighted by Crippen LogP contribution is -1.93. The van der Waals surface area contributed by atoms with Crippen molar-refractivity contribution in [2.24, 2.45) is 0 Å². The number of pyridine rings is 1. The fourth-order valence-corrected chi connectivity index (χ4v) is 1.57. The summed E-state index contributed by atoms with van der Waals surface area (Å²) in [6, 6.07) is 7.51. The zero-order valence-corrected chi connectivity index (χ0v) is 7.99. The van der Waals surface area contributed by atoms with E-state index in [1.807, 2.05) is 31.2 Å². The van der Waals surface area contributed by atoms with Crippen LogP contribution in [0.15, 0.2) is 24.3 Å². The molecule has 3 N–H and O–H groups in total. The average molecular weight is 188 g/mol. The van der Waals surface area contributed by atoms with Crippen LogP contribution in [-0.2, 0) is 6.61 Å². The van der Waals surface area contributed by atoms with Crippen molar-refractivity contribution in [1.29, 1.82) is 0 Å². The zero-order chi connectivity index (χ0) is 10.1. The summed E-state index contributed by atoms with van der Waals surface area (Å²) < 4.78 is 0. The molecule has 0 aliphatic heterocycles. The van der Waals surface area contributed by atoms with Gasteiger partial charge in [0.25, 0.3) is 0 Å². The minimum absolute atomic E-state index is 0.0553. The van der Waals surface area contributed by atoms with Crippen molar-refractivity contribution in [1.82, 2.24) is 4.98 Å². The van der Waals surface area contributed by atoms with Gasteiger partial charge < -0.3 is 10.8 Å². The van der Waals surface area contributed by atoms with Gasteiger partial charge in [0.1, 0.15) is 5.82 Å². The van der Waals surface area contributed by atoms with Crippen LogP contribution in [-0.4, -0.2) is 10.1 Å². The highest BCUT2D eigenvalue weighted by Gasteiger charge is 2.01. The Kier molecular flexibility index (Phi) is 2.09. The second-order valence-corrected chi connectivity index (χ2v) is 3.37. The van der Waals surface area contributed by atoms with Crippen molar-refractivity contribution in [3.8, 4) is 0 Å². The third-order valence-electron chi connectivity index (χ3n) is 2.28. The molecule has 0 atom stereocenters. The Balaban J connectivity index is 2.75. The van der Waals surface area contributed by atoms with E-state index in [1.54, 1.807) is 0 Å². The maximum Gasteiger partial charge on any atom is 0.124 e. The third-order valence-corrected chi connectivity index (χ3v) is 2.28. The summed E-state index contributed by atoms with van der Waals surface area (Å²) in [5, 5.41) is 10.0. The van der Waals surface area contributed by atoms with Crippen LogP contribution in [0.5, 0.6) is 0 Å². The van der Waals surface area contributed by atoms with Crippen LogP contribution in [0.2, 0.25) is 0 Å².